The van der Waals surface area contributed by atoms with Crippen molar-refractivity contribution < 1.29 is 0 Å². The van der Waals surface area contributed by atoms with Gasteiger partial charge in [-0.3, -0.25) is 0 Å². The van der Waals surface area contributed by atoms with Gasteiger partial charge < -0.3 is 9.80 Å². The number of benzene rings is 3. The molecule has 0 bridgehead atoms. The first-order chi connectivity index (χ1) is 12.1. The molecule has 0 radical (unpaired) electrons. The molecule has 0 amide bonds. The number of hydrogen-bond donors (Lipinski definition) is 0. The van der Waals surface area contributed by atoms with E-state index in [1.165, 1.54) is 27.7 Å². The summed E-state index contributed by atoms with van der Waals surface area (Å²) in [4.78, 5) is 5.13. The molecule has 0 unspecified atom stereocenters. The van der Waals surface area contributed by atoms with Crippen LogP contribution in [0.1, 0.15) is 39.4 Å². The Kier molecular flexibility index (Phi) is 3.91. The van der Waals surface area contributed by atoms with Crippen LogP contribution in [0.3, 0.4) is 0 Å². The van der Waals surface area contributed by atoms with Gasteiger partial charge in [0.25, 0.3) is 0 Å². The normalized spacial score (nSPS) is 14.8. The first-order valence-corrected chi connectivity index (χ1v) is 9.23. The number of fused-ring (bicyclic) bond motifs is 2. The van der Waals surface area contributed by atoms with Crippen LogP contribution in [0.25, 0.3) is 10.8 Å². The van der Waals surface area contributed by atoms with E-state index in [1.807, 2.05) is 0 Å². The van der Waals surface area contributed by atoms with Gasteiger partial charge in [0.05, 0.1) is 11.4 Å². The Balaban J connectivity index is 1.97. The minimum Gasteiger partial charge on any atom is -0.343 e. The van der Waals surface area contributed by atoms with Crippen molar-refractivity contribution in [3.8, 4) is 0 Å². The number of para-hydroxylation sites is 2. The number of hydrogen-bond acceptors (Lipinski definition) is 2. The fourth-order valence-corrected chi connectivity index (χ4v) is 4.19. The average Bonchev–Trinajstić information content (AvgIpc) is 2.96. The molecule has 0 spiro atoms. The highest BCUT2D eigenvalue weighted by Gasteiger charge is 2.39. The van der Waals surface area contributed by atoms with Gasteiger partial charge in [0, 0.05) is 17.6 Å². The molecule has 25 heavy (non-hydrogen) atoms. The summed E-state index contributed by atoms with van der Waals surface area (Å²) in [6, 6.07) is 25.1. The van der Waals surface area contributed by atoms with Crippen LogP contribution in [0, 0.1) is 0 Å². The summed E-state index contributed by atoms with van der Waals surface area (Å²) < 4.78 is 0. The Morgan fingerprint density at radius 1 is 0.640 bits per heavy atom. The third-order valence-corrected chi connectivity index (χ3v) is 5.18. The summed E-state index contributed by atoms with van der Waals surface area (Å²) in [5, 5.41) is 2.66. The smallest absolute Gasteiger partial charge is 0.129 e. The van der Waals surface area contributed by atoms with E-state index in [0.717, 1.165) is 0 Å². The maximum atomic E-state index is 2.57. The first kappa shape index (κ1) is 16.0. The van der Waals surface area contributed by atoms with E-state index in [9.17, 15) is 0 Å². The van der Waals surface area contributed by atoms with Crippen LogP contribution in [-0.4, -0.2) is 12.1 Å². The van der Waals surface area contributed by atoms with E-state index < -0.39 is 0 Å². The molecule has 2 nitrogen and oxygen atoms in total. The van der Waals surface area contributed by atoms with Gasteiger partial charge in [-0.25, -0.2) is 0 Å². The number of nitrogens with zero attached hydrogens (tertiary/aromatic N) is 2. The van der Waals surface area contributed by atoms with E-state index in [4.69, 9.17) is 0 Å². The van der Waals surface area contributed by atoms with Crippen molar-refractivity contribution in [2.24, 2.45) is 0 Å². The van der Waals surface area contributed by atoms with Crippen LogP contribution in [0.4, 0.5) is 11.4 Å². The Hall–Kier alpha value is -2.48. The summed E-state index contributed by atoms with van der Waals surface area (Å²) >= 11 is 0. The molecule has 0 aromatic heterocycles. The van der Waals surface area contributed by atoms with E-state index in [2.05, 4.69) is 104 Å². The Morgan fingerprint density at radius 2 is 1.16 bits per heavy atom. The molecular formula is C23H26N2. The average molecular weight is 330 g/mol. The van der Waals surface area contributed by atoms with Crippen LogP contribution in [-0.2, 0) is 0 Å². The van der Waals surface area contributed by atoms with Crippen molar-refractivity contribution in [3.05, 3.63) is 72.3 Å². The lowest BCUT2D eigenvalue weighted by molar-refractivity contribution is 0.529. The second kappa shape index (κ2) is 6.11. The molecule has 0 atom stereocenters. The maximum Gasteiger partial charge on any atom is 0.129 e. The highest BCUT2D eigenvalue weighted by atomic mass is 15.4. The Morgan fingerprint density at radius 3 is 1.76 bits per heavy atom. The van der Waals surface area contributed by atoms with Crippen molar-refractivity contribution in [3.63, 3.8) is 0 Å². The van der Waals surface area contributed by atoms with Crippen molar-refractivity contribution in [1.29, 1.82) is 0 Å². The molecule has 0 fully saturated rings. The largest absolute Gasteiger partial charge is 0.343 e. The minimum absolute atomic E-state index is 0.225. The molecular weight excluding hydrogens is 304 g/mol. The van der Waals surface area contributed by atoms with Crippen LogP contribution in [0.2, 0.25) is 0 Å². The van der Waals surface area contributed by atoms with Gasteiger partial charge in [-0.2, -0.15) is 0 Å². The van der Waals surface area contributed by atoms with Crippen LogP contribution in [0.5, 0.6) is 0 Å². The van der Waals surface area contributed by atoms with Crippen LogP contribution in [0.15, 0.2) is 66.7 Å². The lowest BCUT2D eigenvalue weighted by Gasteiger charge is -2.38. The van der Waals surface area contributed by atoms with Crippen molar-refractivity contribution in [2.75, 3.05) is 9.80 Å². The van der Waals surface area contributed by atoms with Gasteiger partial charge in [0.15, 0.2) is 0 Å². The zero-order valence-corrected chi connectivity index (χ0v) is 15.5. The van der Waals surface area contributed by atoms with Crippen molar-refractivity contribution in [2.45, 2.75) is 45.9 Å². The van der Waals surface area contributed by atoms with Crippen molar-refractivity contribution >= 4 is 22.1 Å². The molecule has 128 valence electrons. The number of anilines is 2. The lowest BCUT2D eigenvalue weighted by Crippen LogP contribution is -2.42. The molecule has 2 heteroatoms. The highest BCUT2D eigenvalue weighted by molar-refractivity contribution is 5.89. The third-order valence-electron chi connectivity index (χ3n) is 5.18. The molecule has 1 aliphatic rings. The summed E-state index contributed by atoms with van der Waals surface area (Å²) in [5.41, 5.74) is 4.06. The van der Waals surface area contributed by atoms with Crippen LogP contribution < -0.4 is 9.80 Å². The quantitative estimate of drug-likeness (QED) is 0.582. The van der Waals surface area contributed by atoms with E-state index in [1.54, 1.807) is 0 Å². The molecule has 1 heterocycles. The summed E-state index contributed by atoms with van der Waals surface area (Å²) in [6.45, 7) is 9.16. The molecule has 1 aliphatic heterocycles. The molecule has 4 rings (SSSR count). The topological polar surface area (TPSA) is 6.48 Å². The standard InChI is InChI=1S/C23H26N2/c1-16(2)24-21-14-7-8-15-22(21)25(17(3)4)23(24)20-13-9-11-18-10-5-6-12-19(18)20/h5-17,23H,1-4H3. The van der Waals surface area contributed by atoms with Gasteiger partial charge in [0.1, 0.15) is 6.17 Å². The van der Waals surface area contributed by atoms with Gasteiger partial charge >= 0.3 is 0 Å². The molecule has 3 aromatic rings. The third kappa shape index (κ3) is 2.48. The fourth-order valence-electron chi connectivity index (χ4n) is 4.19. The van der Waals surface area contributed by atoms with Gasteiger partial charge in [0.2, 0.25) is 0 Å². The van der Waals surface area contributed by atoms with E-state index in [-0.39, 0.29) is 6.17 Å². The Bertz CT molecular complexity index is 857. The Labute approximate surface area is 150 Å². The molecule has 0 saturated heterocycles. The van der Waals surface area contributed by atoms with Crippen LogP contribution >= 0.6 is 0 Å². The van der Waals surface area contributed by atoms with Crippen molar-refractivity contribution in [1.82, 2.24) is 0 Å². The summed E-state index contributed by atoms with van der Waals surface area (Å²) in [6.07, 6.45) is 0.225. The first-order valence-electron chi connectivity index (χ1n) is 9.23. The summed E-state index contributed by atoms with van der Waals surface area (Å²) in [5.74, 6) is 0. The molecule has 0 saturated carbocycles. The molecule has 0 N–H and O–H groups in total. The van der Waals surface area contributed by atoms with Gasteiger partial charge in [-0.1, -0.05) is 54.6 Å². The van der Waals surface area contributed by atoms with Gasteiger partial charge in [-0.05, 0) is 50.6 Å². The highest BCUT2D eigenvalue weighted by Crippen LogP contribution is 2.49. The SMILES string of the molecule is CC(C)N1c2ccccc2N(C(C)C)C1c1cccc2ccccc12. The number of rotatable bonds is 3. The monoisotopic (exact) mass is 330 g/mol. The predicted octanol–water partition coefficient (Wildman–Crippen LogP) is 5.98. The zero-order valence-electron chi connectivity index (χ0n) is 15.5. The molecule has 3 aromatic carbocycles. The predicted molar refractivity (Wildman–Crippen MR) is 108 cm³/mol. The summed E-state index contributed by atoms with van der Waals surface area (Å²) in [7, 11) is 0. The lowest BCUT2D eigenvalue weighted by atomic mass is 10.0. The zero-order chi connectivity index (χ0) is 17.6. The molecule has 0 aliphatic carbocycles. The maximum absolute atomic E-state index is 2.57. The second-order valence-electron chi connectivity index (χ2n) is 7.43. The van der Waals surface area contributed by atoms with E-state index in [0.29, 0.717) is 12.1 Å². The minimum atomic E-state index is 0.225. The van der Waals surface area contributed by atoms with Gasteiger partial charge in [-0.15, -0.1) is 0 Å². The van der Waals surface area contributed by atoms with E-state index >= 15 is 0 Å². The second-order valence-corrected chi connectivity index (χ2v) is 7.43. The fraction of sp³-hybridized carbons (Fsp3) is 0.304.